The van der Waals surface area contributed by atoms with Crippen molar-refractivity contribution >= 4 is 0 Å². The highest BCUT2D eigenvalue weighted by Gasteiger charge is 2.20. The maximum Gasteiger partial charge on any atom is 0.0682 e. The van der Waals surface area contributed by atoms with Crippen molar-refractivity contribution < 1.29 is 0 Å². The van der Waals surface area contributed by atoms with Crippen LogP contribution in [0, 0.1) is 20.8 Å². The first-order valence-corrected chi connectivity index (χ1v) is 11.7. The fourth-order valence-electron chi connectivity index (χ4n) is 4.86. The molecule has 3 rings (SSSR count). The van der Waals surface area contributed by atoms with Crippen molar-refractivity contribution in [1.82, 2.24) is 29.8 Å². The molecular weight excluding hydrogens is 384 g/mol. The highest BCUT2D eigenvalue weighted by Crippen LogP contribution is 2.29. The fourth-order valence-corrected chi connectivity index (χ4v) is 4.86. The molecule has 3 aromatic rings. The van der Waals surface area contributed by atoms with Crippen molar-refractivity contribution in [2.45, 2.75) is 91.9 Å². The molecule has 0 saturated carbocycles. The van der Waals surface area contributed by atoms with Crippen molar-refractivity contribution in [2.24, 2.45) is 14.1 Å². The van der Waals surface area contributed by atoms with E-state index < -0.39 is 0 Å². The first kappa shape index (κ1) is 23.3. The first-order valence-electron chi connectivity index (χ1n) is 11.7. The van der Waals surface area contributed by atoms with Gasteiger partial charge in [0, 0.05) is 43.5 Å². The lowest BCUT2D eigenvalue weighted by atomic mass is 9.93. The minimum atomic E-state index is 0.414. The van der Waals surface area contributed by atoms with E-state index in [4.69, 9.17) is 10.2 Å². The Morgan fingerprint density at radius 1 is 0.839 bits per heavy atom. The number of aromatic nitrogens is 6. The lowest BCUT2D eigenvalue weighted by Gasteiger charge is -2.12. The van der Waals surface area contributed by atoms with E-state index in [-0.39, 0.29) is 0 Å². The summed E-state index contributed by atoms with van der Waals surface area (Å²) in [6.07, 6.45) is 6.27. The number of aromatic amines is 1. The normalized spacial score (nSPS) is 13.9. The number of aryl methyl sites for hydroxylation is 4. The number of hydrogen-bond donors (Lipinski definition) is 1. The third-order valence-electron chi connectivity index (χ3n) is 6.79. The standard InChI is InChI=1S/C25H40N6/c1-15(2)23-20(7)22(31(9)29-23)13-11-17(4)25-19(6)21(26-27-25)12-10-16(3)24-18(5)14-30(8)28-24/h14-17H,10-13H2,1-9H3,(H,26,27). The Hall–Kier alpha value is -2.37. The fraction of sp³-hybridized carbons (Fsp3) is 0.640. The molecule has 0 aliphatic rings. The Kier molecular flexibility index (Phi) is 7.07. The average molecular weight is 425 g/mol. The molecule has 6 nitrogen and oxygen atoms in total. The molecule has 0 aliphatic heterocycles. The molecule has 0 fully saturated rings. The molecule has 0 saturated heterocycles. The number of H-pyrrole nitrogens is 1. The van der Waals surface area contributed by atoms with E-state index in [9.17, 15) is 0 Å². The van der Waals surface area contributed by atoms with Crippen LogP contribution in [0.25, 0.3) is 0 Å². The molecule has 2 unspecified atom stereocenters. The van der Waals surface area contributed by atoms with E-state index in [1.807, 2.05) is 11.7 Å². The van der Waals surface area contributed by atoms with E-state index in [1.54, 1.807) is 0 Å². The molecule has 170 valence electrons. The molecule has 0 amide bonds. The second kappa shape index (κ2) is 9.41. The van der Waals surface area contributed by atoms with Gasteiger partial charge in [-0.05, 0) is 69.1 Å². The molecule has 0 radical (unpaired) electrons. The van der Waals surface area contributed by atoms with Crippen LogP contribution in [-0.4, -0.2) is 29.8 Å². The highest BCUT2D eigenvalue weighted by molar-refractivity contribution is 5.29. The van der Waals surface area contributed by atoms with Crippen LogP contribution in [-0.2, 0) is 26.9 Å². The van der Waals surface area contributed by atoms with Crippen LogP contribution in [0.2, 0.25) is 0 Å². The Labute approximate surface area is 187 Å². The minimum absolute atomic E-state index is 0.414. The van der Waals surface area contributed by atoms with E-state index in [1.165, 1.54) is 45.2 Å². The second-order valence-corrected chi connectivity index (χ2v) is 9.70. The van der Waals surface area contributed by atoms with Crippen LogP contribution in [0.15, 0.2) is 6.20 Å². The summed E-state index contributed by atoms with van der Waals surface area (Å²) in [5.41, 5.74) is 10.2. The maximum absolute atomic E-state index is 4.74. The summed E-state index contributed by atoms with van der Waals surface area (Å²) in [6, 6.07) is 0. The number of hydrogen-bond acceptors (Lipinski definition) is 3. The largest absolute Gasteiger partial charge is 0.282 e. The van der Waals surface area contributed by atoms with Crippen LogP contribution >= 0.6 is 0 Å². The summed E-state index contributed by atoms with van der Waals surface area (Å²) in [6.45, 7) is 15.6. The Balaban J connectivity index is 1.62. The number of nitrogens with zero attached hydrogens (tertiary/aromatic N) is 5. The molecule has 3 heterocycles. The van der Waals surface area contributed by atoms with Crippen molar-refractivity contribution in [1.29, 1.82) is 0 Å². The molecule has 2 atom stereocenters. The summed E-state index contributed by atoms with van der Waals surface area (Å²) in [5, 5.41) is 17.4. The Morgan fingerprint density at radius 3 is 2.06 bits per heavy atom. The predicted octanol–water partition coefficient (Wildman–Crippen LogP) is 5.40. The van der Waals surface area contributed by atoms with Gasteiger partial charge in [0.05, 0.1) is 17.1 Å². The third-order valence-corrected chi connectivity index (χ3v) is 6.79. The van der Waals surface area contributed by atoms with E-state index in [2.05, 4.69) is 76.6 Å². The van der Waals surface area contributed by atoms with Crippen LogP contribution in [0.3, 0.4) is 0 Å². The summed E-state index contributed by atoms with van der Waals surface area (Å²) in [5.74, 6) is 1.32. The van der Waals surface area contributed by atoms with E-state index >= 15 is 0 Å². The van der Waals surface area contributed by atoms with Crippen molar-refractivity contribution in [3.05, 3.63) is 51.4 Å². The third kappa shape index (κ3) is 4.94. The van der Waals surface area contributed by atoms with Crippen LogP contribution in [0.1, 0.15) is 103 Å². The lowest BCUT2D eigenvalue weighted by Crippen LogP contribution is -2.04. The topological polar surface area (TPSA) is 64.3 Å². The number of nitrogens with one attached hydrogen (secondary N) is 1. The van der Waals surface area contributed by atoms with Gasteiger partial charge >= 0.3 is 0 Å². The Bertz CT molecular complexity index is 1020. The lowest BCUT2D eigenvalue weighted by molar-refractivity contribution is 0.612. The summed E-state index contributed by atoms with van der Waals surface area (Å²) in [4.78, 5) is 0. The van der Waals surface area contributed by atoms with Gasteiger partial charge in [-0.15, -0.1) is 0 Å². The molecular formula is C25H40N6. The van der Waals surface area contributed by atoms with Crippen LogP contribution in [0.4, 0.5) is 0 Å². The summed E-state index contributed by atoms with van der Waals surface area (Å²) in [7, 11) is 4.06. The first-order chi connectivity index (χ1) is 14.6. The van der Waals surface area contributed by atoms with Crippen molar-refractivity contribution in [2.75, 3.05) is 0 Å². The molecule has 0 aromatic carbocycles. The number of rotatable bonds is 9. The summed E-state index contributed by atoms with van der Waals surface area (Å²) < 4.78 is 3.98. The molecule has 6 heteroatoms. The molecule has 0 spiro atoms. The van der Waals surface area contributed by atoms with Gasteiger partial charge in [0.15, 0.2) is 0 Å². The molecule has 3 aromatic heterocycles. The molecule has 0 bridgehead atoms. The highest BCUT2D eigenvalue weighted by atomic mass is 15.3. The van der Waals surface area contributed by atoms with Gasteiger partial charge in [0.2, 0.25) is 0 Å². The van der Waals surface area contributed by atoms with Gasteiger partial charge in [-0.1, -0.05) is 27.7 Å². The van der Waals surface area contributed by atoms with E-state index in [0.717, 1.165) is 25.7 Å². The molecule has 31 heavy (non-hydrogen) atoms. The zero-order valence-electron chi connectivity index (χ0n) is 20.9. The van der Waals surface area contributed by atoms with Gasteiger partial charge in [0.25, 0.3) is 0 Å². The van der Waals surface area contributed by atoms with Gasteiger partial charge in [-0.2, -0.15) is 15.3 Å². The van der Waals surface area contributed by atoms with Gasteiger partial charge < -0.3 is 0 Å². The monoisotopic (exact) mass is 424 g/mol. The predicted molar refractivity (Wildman–Crippen MR) is 127 cm³/mol. The second-order valence-electron chi connectivity index (χ2n) is 9.70. The quantitative estimate of drug-likeness (QED) is 0.500. The van der Waals surface area contributed by atoms with Crippen LogP contribution in [0.5, 0.6) is 0 Å². The average Bonchev–Trinajstić information content (AvgIpc) is 3.33. The smallest absolute Gasteiger partial charge is 0.0682 e. The SMILES string of the molecule is Cc1cn(C)nc1C(C)CCc1[nH]nc(C(C)CCc2c(C)c(C(C)C)nn2C)c1C. The van der Waals surface area contributed by atoms with E-state index in [0.29, 0.717) is 17.8 Å². The van der Waals surface area contributed by atoms with Crippen molar-refractivity contribution in [3.8, 4) is 0 Å². The summed E-state index contributed by atoms with van der Waals surface area (Å²) >= 11 is 0. The van der Waals surface area contributed by atoms with Crippen molar-refractivity contribution in [3.63, 3.8) is 0 Å². The Morgan fingerprint density at radius 2 is 1.48 bits per heavy atom. The zero-order valence-corrected chi connectivity index (χ0v) is 20.9. The molecule has 0 aliphatic carbocycles. The van der Waals surface area contributed by atoms with Gasteiger partial charge in [-0.25, -0.2) is 0 Å². The van der Waals surface area contributed by atoms with Crippen LogP contribution < -0.4 is 0 Å². The minimum Gasteiger partial charge on any atom is -0.282 e. The van der Waals surface area contributed by atoms with Gasteiger partial charge in [-0.3, -0.25) is 14.5 Å². The van der Waals surface area contributed by atoms with Gasteiger partial charge in [0.1, 0.15) is 0 Å². The maximum atomic E-state index is 4.74. The zero-order chi connectivity index (χ0) is 22.9. The molecule has 1 N–H and O–H groups in total.